The molecule has 0 radical (unpaired) electrons. The van der Waals surface area contributed by atoms with Gasteiger partial charge in [-0.3, -0.25) is 19.3 Å². The van der Waals surface area contributed by atoms with Crippen LogP contribution in [0.5, 0.6) is 5.75 Å². The van der Waals surface area contributed by atoms with E-state index in [1.165, 1.54) is 23.1 Å². The van der Waals surface area contributed by atoms with E-state index < -0.39 is 0 Å². The lowest BCUT2D eigenvalue weighted by Gasteiger charge is -2.26. The lowest BCUT2D eigenvalue weighted by atomic mass is 10.1. The van der Waals surface area contributed by atoms with E-state index in [0.29, 0.717) is 34.5 Å². The van der Waals surface area contributed by atoms with E-state index in [1.54, 1.807) is 18.2 Å². The number of likely N-dealkylation sites (tertiary alicyclic amines) is 1. The zero-order valence-electron chi connectivity index (χ0n) is 18.9. The molecule has 2 aliphatic heterocycles. The molecule has 33 heavy (non-hydrogen) atoms. The van der Waals surface area contributed by atoms with Crippen LogP contribution in [-0.4, -0.2) is 64.8 Å². The van der Waals surface area contributed by atoms with Crippen LogP contribution in [0.2, 0.25) is 0 Å². The Bertz CT molecular complexity index is 895. The van der Waals surface area contributed by atoms with Gasteiger partial charge in [0.15, 0.2) is 6.61 Å². The Morgan fingerprint density at radius 2 is 1.88 bits per heavy atom. The second-order valence-corrected chi connectivity index (χ2v) is 9.63. The Labute approximate surface area is 204 Å². The fraction of sp³-hybridized carbons (Fsp3) is 0.500. The summed E-state index contributed by atoms with van der Waals surface area (Å²) >= 11 is 6.60. The van der Waals surface area contributed by atoms with Gasteiger partial charge in [-0.25, -0.2) is 0 Å². The SMILES string of the molecule is CCCOC(=O)CCCN1C(=O)/C(=C\c2ccc(OCC(=O)N3CCCCC3)cc2)SC1=S. The lowest BCUT2D eigenvalue weighted by Crippen LogP contribution is -2.38. The van der Waals surface area contributed by atoms with Crippen molar-refractivity contribution >= 4 is 52.2 Å². The summed E-state index contributed by atoms with van der Waals surface area (Å²) in [6.45, 7) is 4.40. The molecule has 1 aromatic rings. The number of amides is 2. The number of hydrogen-bond acceptors (Lipinski definition) is 7. The van der Waals surface area contributed by atoms with Gasteiger partial charge in [0.2, 0.25) is 0 Å². The molecule has 0 saturated carbocycles. The third kappa shape index (κ3) is 7.57. The highest BCUT2D eigenvalue weighted by Crippen LogP contribution is 2.33. The first-order chi connectivity index (χ1) is 16.0. The molecule has 2 heterocycles. The Balaban J connectivity index is 1.48. The average molecular weight is 491 g/mol. The summed E-state index contributed by atoms with van der Waals surface area (Å²) in [5.41, 5.74) is 0.841. The molecule has 0 spiro atoms. The third-order valence-electron chi connectivity index (χ3n) is 5.35. The highest BCUT2D eigenvalue weighted by Gasteiger charge is 2.31. The highest BCUT2D eigenvalue weighted by molar-refractivity contribution is 8.26. The molecule has 7 nitrogen and oxygen atoms in total. The number of benzene rings is 1. The summed E-state index contributed by atoms with van der Waals surface area (Å²) < 4.78 is 11.2. The number of piperidine rings is 1. The maximum absolute atomic E-state index is 12.7. The molecule has 2 amide bonds. The largest absolute Gasteiger partial charge is 0.484 e. The number of esters is 1. The van der Waals surface area contributed by atoms with Crippen LogP contribution in [0.25, 0.3) is 6.08 Å². The smallest absolute Gasteiger partial charge is 0.305 e. The topological polar surface area (TPSA) is 76.1 Å². The van der Waals surface area contributed by atoms with E-state index in [4.69, 9.17) is 21.7 Å². The average Bonchev–Trinajstić information content (AvgIpc) is 3.10. The fourth-order valence-electron chi connectivity index (χ4n) is 3.55. The third-order valence-corrected chi connectivity index (χ3v) is 6.73. The highest BCUT2D eigenvalue weighted by atomic mass is 32.2. The monoisotopic (exact) mass is 490 g/mol. The molecular weight excluding hydrogens is 460 g/mol. The minimum Gasteiger partial charge on any atom is -0.484 e. The Hall–Kier alpha value is -2.39. The zero-order chi connectivity index (χ0) is 23.6. The summed E-state index contributed by atoms with van der Waals surface area (Å²) in [6.07, 6.45) is 6.63. The first kappa shape index (κ1) is 25.2. The summed E-state index contributed by atoms with van der Waals surface area (Å²) in [5.74, 6) is 0.221. The molecular formula is C24H30N2O5S2. The second kappa shape index (κ2) is 12.7. The maximum atomic E-state index is 12.7. The quantitative estimate of drug-likeness (QED) is 0.279. The van der Waals surface area contributed by atoms with Crippen molar-refractivity contribution in [2.24, 2.45) is 0 Å². The van der Waals surface area contributed by atoms with Crippen LogP contribution in [0, 0.1) is 0 Å². The molecule has 0 atom stereocenters. The van der Waals surface area contributed by atoms with Crippen LogP contribution >= 0.6 is 24.0 Å². The van der Waals surface area contributed by atoms with E-state index in [9.17, 15) is 14.4 Å². The van der Waals surface area contributed by atoms with E-state index in [2.05, 4.69) is 0 Å². The number of carbonyl (C=O) groups excluding carboxylic acids is 3. The Morgan fingerprint density at radius 1 is 1.15 bits per heavy atom. The summed E-state index contributed by atoms with van der Waals surface area (Å²) in [5, 5.41) is 0. The van der Waals surface area contributed by atoms with Gasteiger partial charge in [-0.05, 0) is 55.9 Å². The van der Waals surface area contributed by atoms with E-state index >= 15 is 0 Å². The van der Waals surface area contributed by atoms with Gasteiger partial charge in [-0.2, -0.15) is 0 Å². The van der Waals surface area contributed by atoms with Gasteiger partial charge in [0.1, 0.15) is 10.1 Å². The van der Waals surface area contributed by atoms with Crippen LogP contribution in [0.15, 0.2) is 29.2 Å². The van der Waals surface area contributed by atoms with Crippen molar-refractivity contribution < 1.29 is 23.9 Å². The molecule has 9 heteroatoms. The minimum absolute atomic E-state index is 0.0149. The van der Waals surface area contributed by atoms with Gasteiger partial charge in [0.05, 0.1) is 11.5 Å². The first-order valence-corrected chi connectivity index (χ1v) is 12.6. The molecule has 2 fully saturated rings. The van der Waals surface area contributed by atoms with Crippen molar-refractivity contribution in [3.8, 4) is 5.75 Å². The number of hydrogen-bond donors (Lipinski definition) is 0. The molecule has 0 bridgehead atoms. The van der Waals surface area contributed by atoms with Crippen molar-refractivity contribution in [2.45, 2.75) is 45.4 Å². The zero-order valence-corrected chi connectivity index (χ0v) is 20.6. The van der Waals surface area contributed by atoms with Crippen molar-refractivity contribution in [2.75, 3.05) is 32.8 Å². The molecule has 0 unspecified atom stereocenters. The number of thioether (sulfide) groups is 1. The fourth-order valence-corrected chi connectivity index (χ4v) is 4.86. The van der Waals surface area contributed by atoms with Gasteiger partial charge in [-0.1, -0.05) is 43.0 Å². The van der Waals surface area contributed by atoms with Crippen LogP contribution < -0.4 is 4.74 Å². The second-order valence-electron chi connectivity index (χ2n) is 7.96. The summed E-state index contributed by atoms with van der Waals surface area (Å²) in [4.78, 5) is 40.5. The number of thiocarbonyl (C=S) groups is 1. The molecule has 1 aromatic carbocycles. The predicted octanol–water partition coefficient (Wildman–Crippen LogP) is 4.01. The van der Waals surface area contributed by atoms with Crippen molar-refractivity contribution in [3.05, 3.63) is 34.7 Å². The molecule has 0 N–H and O–H groups in total. The number of nitrogens with zero attached hydrogens (tertiary/aromatic N) is 2. The molecule has 0 aliphatic carbocycles. The molecule has 178 valence electrons. The first-order valence-electron chi connectivity index (χ1n) is 11.4. The molecule has 2 aliphatic rings. The molecule has 2 saturated heterocycles. The normalized spacial score (nSPS) is 17.5. The van der Waals surface area contributed by atoms with Gasteiger partial charge >= 0.3 is 5.97 Å². The standard InChI is InChI=1S/C24H30N2O5S2/c1-2-15-30-22(28)7-6-14-26-23(29)20(33-24(26)32)16-18-8-10-19(11-9-18)31-17-21(27)25-12-4-3-5-13-25/h8-11,16H,2-7,12-15,17H2,1H3/b20-16+. The number of carbonyl (C=O) groups is 3. The maximum Gasteiger partial charge on any atom is 0.305 e. The van der Waals surface area contributed by atoms with E-state index in [1.807, 2.05) is 24.0 Å². The van der Waals surface area contributed by atoms with E-state index in [-0.39, 0.29) is 30.8 Å². The summed E-state index contributed by atoms with van der Waals surface area (Å²) in [7, 11) is 0. The molecule has 3 rings (SSSR count). The minimum atomic E-state index is -0.252. The Kier molecular flexibility index (Phi) is 9.75. The predicted molar refractivity (Wildman–Crippen MR) is 133 cm³/mol. The Morgan fingerprint density at radius 3 is 2.58 bits per heavy atom. The number of rotatable bonds is 10. The summed E-state index contributed by atoms with van der Waals surface area (Å²) in [6, 6.07) is 7.27. The van der Waals surface area contributed by atoms with Crippen LogP contribution in [0.3, 0.4) is 0 Å². The van der Waals surface area contributed by atoms with Crippen molar-refractivity contribution in [3.63, 3.8) is 0 Å². The van der Waals surface area contributed by atoms with Crippen LogP contribution in [-0.2, 0) is 19.1 Å². The number of ether oxygens (including phenoxy) is 2. The van der Waals surface area contributed by atoms with Crippen molar-refractivity contribution in [1.29, 1.82) is 0 Å². The van der Waals surface area contributed by atoms with Gasteiger partial charge < -0.3 is 14.4 Å². The van der Waals surface area contributed by atoms with E-state index in [0.717, 1.165) is 37.9 Å². The lowest BCUT2D eigenvalue weighted by molar-refractivity contribution is -0.144. The van der Waals surface area contributed by atoms with Crippen LogP contribution in [0.1, 0.15) is 51.0 Å². The van der Waals surface area contributed by atoms with Gasteiger partial charge in [0, 0.05) is 26.1 Å². The van der Waals surface area contributed by atoms with Gasteiger partial charge in [-0.15, -0.1) is 0 Å². The van der Waals surface area contributed by atoms with Crippen LogP contribution in [0.4, 0.5) is 0 Å². The van der Waals surface area contributed by atoms with Gasteiger partial charge in [0.25, 0.3) is 11.8 Å². The molecule has 0 aromatic heterocycles. The van der Waals surface area contributed by atoms with Crippen molar-refractivity contribution in [1.82, 2.24) is 9.80 Å².